The van der Waals surface area contributed by atoms with E-state index in [9.17, 15) is 40.1 Å². The largest absolute Gasteiger partial charge is 0.505 e. The van der Waals surface area contributed by atoms with Crippen LogP contribution >= 0.6 is 0 Å². The monoisotopic (exact) mass is 760 g/mol. The highest BCUT2D eigenvalue weighted by molar-refractivity contribution is 8.04. The van der Waals surface area contributed by atoms with Gasteiger partial charge in [-0.15, -0.1) is 16.8 Å². The number of phenolic OH excluding ortho intramolecular Hbond substituents is 1. The number of aryl methyl sites for hydroxylation is 1. The van der Waals surface area contributed by atoms with Gasteiger partial charge in [0.15, 0.2) is 31.2 Å². The summed E-state index contributed by atoms with van der Waals surface area (Å²) >= 11 is -2.91. The summed E-state index contributed by atoms with van der Waals surface area (Å²) in [5, 5.41) is 38.8. The SMILES string of the molecule is C=CCCCNC(=O)c1cccc(N=Nc2c(C)cc3cc(S(=O)(=O)O)c(N=Nc4ccc(S(=O)(=O)C(COO)S(=O)O)cc4)c(N)c3c2O)c1. The van der Waals surface area contributed by atoms with Crippen LogP contribution in [-0.2, 0) is 35.9 Å². The number of carbonyl (C=O) groups is 1. The number of aromatic hydroxyl groups is 1. The van der Waals surface area contributed by atoms with Crippen molar-refractivity contribution in [2.24, 2.45) is 20.5 Å². The van der Waals surface area contributed by atoms with Gasteiger partial charge >= 0.3 is 0 Å². The smallest absolute Gasteiger partial charge is 0.296 e. The zero-order valence-corrected chi connectivity index (χ0v) is 29.2. The molecule has 0 aliphatic heterocycles. The second kappa shape index (κ2) is 16.4. The van der Waals surface area contributed by atoms with Gasteiger partial charge in [-0.3, -0.25) is 14.6 Å². The van der Waals surface area contributed by atoms with Crippen LogP contribution in [0.15, 0.2) is 104 Å². The van der Waals surface area contributed by atoms with E-state index in [1.807, 2.05) is 0 Å². The van der Waals surface area contributed by atoms with Crippen LogP contribution in [0.25, 0.3) is 10.8 Å². The van der Waals surface area contributed by atoms with Gasteiger partial charge in [0.05, 0.1) is 27.3 Å². The summed E-state index contributed by atoms with van der Waals surface area (Å²) in [5.74, 6) is -0.815. The van der Waals surface area contributed by atoms with Gasteiger partial charge < -0.3 is 20.7 Å². The van der Waals surface area contributed by atoms with Gasteiger partial charge in [-0.25, -0.2) is 17.5 Å². The van der Waals surface area contributed by atoms with Gasteiger partial charge in [0.2, 0.25) is 0 Å². The highest BCUT2D eigenvalue weighted by Gasteiger charge is 2.33. The maximum atomic E-state index is 12.7. The number of allylic oxidation sites excluding steroid dienone is 1. The summed E-state index contributed by atoms with van der Waals surface area (Å²) in [6, 6.07) is 13.1. The van der Waals surface area contributed by atoms with E-state index >= 15 is 0 Å². The molecule has 0 aromatic heterocycles. The van der Waals surface area contributed by atoms with E-state index in [4.69, 9.17) is 11.0 Å². The lowest BCUT2D eigenvalue weighted by molar-refractivity contribution is -0.238. The summed E-state index contributed by atoms with van der Waals surface area (Å²) < 4.78 is 79.0. The minimum atomic E-state index is -4.96. The first kappa shape index (κ1) is 38.8. The standard InChI is InChI=1S/C31H32N6O11S3/c1-3-4-5-13-33-31(39)19-7-6-8-22(15-19)35-36-28-18(2)14-20-16-24(51(45,46)47)29(27(32)26(20)30(28)38)37-34-21-9-11-23(12-10-21)50(43,44)25(17-48-40)49(41)42/h3,6-12,14-16,25,38,40H,1,4-5,13,17,32H2,2H3,(H,33,39)(H,41,42)(H,45,46,47). The fourth-order valence-electron chi connectivity index (χ4n) is 4.75. The number of nitrogen functional groups attached to an aromatic ring is 1. The Hall–Kier alpha value is -4.96. The van der Waals surface area contributed by atoms with E-state index in [0.717, 1.165) is 43.2 Å². The molecule has 0 bridgehead atoms. The van der Waals surface area contributed by atoms with Crippen LogP contribution in [0.3, 0.4) is 0 Å². The van der Waals surface area contributed by atoms with Gasteiger partial charge in [-0.2, -0.15) is 18.6 Å². The summed E-state index contributed by atoms with van der Waals surface area (Å²) in [4.78, 5) is 15.1. The van der Waals surface area contributed by atoms with E-state index in [1.165, 1.54) is 12.1 Å². The number of unbranched alkanes of at least 4 members (excludes halogenated alkanes) is 1. The van der Waals surface area contributed by atoms with Crippen molar-refractivity contribution >= 4 is 76.2 Å². The third-order valence-electron chi connectivity index (χ3n) is 7.27. The molecule has 0 saturated heterocycles. The Kier molecular flexibility index (Phi) is 12.5. The molecule has 51 heavy (non-hydrogen) atoms. The lowest BCUT2D eigenvalue weighted by Gasteiger charge is -2.14. The Morgan fingerprint density at radius 2 is 1.69 bits per heavy atom. The van der Waals surface area contributed by atoms with Crippen LogP contribution in [0.1, 0.15) is 28.8 Å². The second-order valence-electron chi connectivity index (χ2n) is 10.8. The minimum absolute atomic E-state index is 0.0369. The van der Waals surface area contributed by atoms with Crippen molar-refractivity contribution in [1.29, 1.82) is 0 Å². The number of fused-ring (bicyclic) bond motifs is 1. The first-order valence-corrected chi connectivity index (χ1v) is 18.8. The van der Waals surface area contributed by atoms with Crippen molar-refractivity contribution in [3.05, 3.63) is 84.4 Å². The molecule has 7 N–H and O–H groups in total. The maximum Gasteiger partial charge on any atom is 0.296 e. The Bertz CT molecular complexity index is 2280. The van der Waals surface area contributed by atoms with E-state index in [2.05, 4.69) is 37.2 Å². The molecule has 1 amide bonds. The molecule has 2 unspecified atom stereocenters. The number of carbonyl (C=O) groups excluding carboxylic acids is 1. The molecule has 4 aromatic carbocycles. The molecule has 0 spiro atoms. The topological polar surface area (TPSA) is 280 Å². The maximum absolute atomic E-state index is 12.7. The normalized spacial score (nSPS) is 13.5. The van der Waals surface area contributed by atoms with Crippen LogP contribution in [0.2, 0.25) is 0 Å². The first-order chi connectivity index (χ1) is 24.1. The molecule has 0 heterocycles. The summed E-state index contributed by atoms with van der Waals surface area (Å²) in [7, 11) is -9.42. The third kappa shape index (κ3) is 9.05. The fourth-order valence-corrected chi connectivity index (χ4v) is 7.85. The quantitative estimate of drug-likeness (QED) is 0.0119. The molecule has 0 aliphatic carbocycles. The number of rotatable bonds is 15. The first-order valence-electron chi connectivity index (χ1n) is 14.7. The van der Waals surface area contributed by atoms with E-state index in [1.54, 1.807) is 31.2 Å². The lowest BCUT2D eigenvalue weighted by atomic mass is 10.0. The Morgan fingerprint density at radius 3 is 2.31 bits per heavy atom. The molecule has 2 atom stereocenters. The van der Waals surface area contributed by atoms with E-state index in [-0.39, 0.29) is 33.7 Å². The number of phenols is 1. The molecule has 0 fully saturated rings. The molecule has 20 heteroatoms. The number of sulfone groups is 1. The molecular weight excluding hydrogens is 729 g/mol. The Balaban J connectivity index is 1.72. The predicted molar refractivity (Wildman–Crippen MR) is 188 cm³/mol. The highest BCUT2D eigenvalue weighted by atomic mass is 32.3. The van der Waals surface area contributed by atoms with Crippen LogP contribution in [0.4, 0.5) is 28.4 Å². The third-order valence-corrected chi connectivity index (χ3v) is 11.7. The average molecular weight is 761 g/mol. The molecule has 0 radical (unpaired) electrons. The van der Waals surface area contributed by atoms with Gasteiger partial charge in [-0.05, 0) is 85.3 Å². The molecular formula is C31H32N6O11S3. The molecule has 270 valence electrons. The van der Waals surface area contributed by atoms with Crippen LogP contribution < -0.4 is 11.1 Å². The number of hydrogen-bond donors (Lipinski definition) is 6. The number of nitrogens with zero attached hydrogens (tertiary/aromatic N) is 4. The van der Waals surface area contributed by atoms with Crippen molar-refractivity contribution in [2.75, 3.05) is 18.9 Å². The number of nitrogens with one attached hydrogen (secondary N) is 1. The number of hydrogen-bond acceptors (Lipinski definition) is 14. The molecule has 0 saturated carbocycles. The zero-order valence-electron chi connectivity index (χ0n) is 26.7. The van der Waals surface area contributed by atoms with Crippen LogP contribution in [0, 0.1) is 6.92 Å². The van der Waals surface area contributed by atoms with Crippen LogP contribution in [0.5, 0.6) is 5.75 Å². The summed E-state index contributed by atoms with van der Waals surface area (Å²) in [5.41, 5.74) is 6.23. The van der Waals surface area contributed by atoms with E-state index in [0.29, 0.717) is 17.7 Å². The van der Waals surface area contributed by atoms with Gasteiger partial charge in [0, 0.05) is 12.1 Å². The highest BCUT2D eigenvalue weighted by Crippen LogP contribution is 2.47. The van der Waals surface area contributed by atoms with E-state index < -0.39 is 69.1 Å². The Morgan fingerprint density at radius 1 is 1.02 bits per heavy atom. The molecule has 0 aliphatic rings. The predicted octanol–water partition coefficient (Wildman–Crippen LogP) is 6.02. The van der Waals surface area contributed by atoms with Crippen molar-refractivity contribution in [3.63, 3.8) is 0 Å². The minimum Gasteiger partial charge on any atom is -0.505 e. The summed E-state index contributed by atoms with van der Waals surface area (Å²) in [6.07, 6.45) is 3.23. The molecule has 4 rings (SSSR count). The molecule has 4 aromatic rings. The lowest BCUT2D eigenvalue weighted by Crippen LogP contribution is -2.30. The van der Waals surface area contributed by atoms with Crippen molar-refractivity contribution in [2.45, 2.75) is 34.1 Å². The van der Waals surface area contributed by atoms with Gasteiger partial charge in [0.25, 0.3) is 16.0 Å². The number of nitrogens with two attached hydrogens (primary N) is 1. The number of anilines is 1. The molecule has 17 nitrogen and oxygen atoms in total. The fraction of sp³-hybridized carbons (Fsp3) is 0.194. The number of azo groups is 2. The Labute approximate surface area is 294 Å². The number of benzene rings is 4. The number of amides is 1. The zero-order chi connectivity index (χ0) is 37.5. The second-order valence-corrected chi connectivity index (χ2v) is 15.7. The van der Waals surface area contributed by atoms with Crippen molar-refractivity contribution in [1.82, 2.24) is 5.32 Å². The van der Waals surface area contributed by atoms with Gasteiger partial charge in [0.1, 0.15) is 22.9 Å². The van der Waals surface area contributed by atoms with Gasteiger partial charge in [-0.1, -0.05) is 12.1 Å². The van der Waals surface area contributed by atoms with Crippen molar-refractivity contribution < 1.29 is 50.2 Å². The average Bonchev–Trinajstić information content (AvgIpc) is 3.07. The van der Waals surface area contributed by atoms with Crippen molar-refractivity contribution in [3.8, 4) is 5.75 Å². The summed E-state index contributed by atoms with van der Waals surface area (Å²) in [6.45, 7) is 4.69. The van der Waals surface area contributed by atoms with Crippen LogP contribution in [-0.4, -0.2) is 64.2 Å².